The van der Waals surface area contributed by atoms with E-state index < -0.39 is 12.5 Å². The molecule has 6 N–H and O–H groups in total. The van der Waals surface area contributed by atoms with Gasteiger partial charge in [-0.15, -0.1) is 0 Å². The van der Waals surface area contributed by atoms with Crippen molar-refractivity contribution in [3.8, 4) is 23.7 Å². The monoisotopic (exact) mass is 719 g/mol. The van der Waals surface area contributed by atoms with Crippen LogP contribution in [0.3, 0.4) is 0 Å². The summed E-state index contributed by atoms with van der Waals surface area (Å²) in [5.74, 6) is 14.2. The van der Waals surface area contributed by atoms with Gasteiger partial charge in [-0.2, -0.15) is 0 Å². The zero-order valence-electron chi connectivity index (χ0n) is 32.1. The first-order chi connectivity index (χ1) is 25.6. The van der Waals surface area contributed by atoms with Gasteiger partial charge in [0.1, 0.15) is 17.4 Å². The number of nitrogens with one attached hydrogen (secondary N) is 3. The molecule has 1 aliphatic carbocycles. The standard InChI is InChI=1S/C43H57N7O3/c1-7-35(33-23-21-32(22-24-33)31-15-9-8-10-16-31)36(18-12-11-17-34-27-46-41(48-34)37-19-13-25-45-37)29(4)30(5)47-40(44)38-20-14-26-50(38)42(51)39(28(2)3)49-43(52)53-6/h7-10,15-16,21-23,27-30,33,36-39,43,45,49,52H,13-14,19-20,24-26H2,1-6H3,(H2,44,47)(H,46,48)/b35-7-/t29?,30?,33?,36?,37-,38-,39-,43?/m0/s1. The van der Waals surface area contributed by atoms with Gasteiger partial charge in [-0.05, 0) is 93.2 Å². The Balaban J connectivity index is 1.37. The van der Waals surface area contributed by atoms with E-state index in [1.165, 1.54) is 23.8 Å². The summed E-state index contributed by atoms with van der Waals surface area (Å²) in [5, 5.41) is 16.5. The van der Waals surface area contributed by atoms with Crippen molar-refractivity contribution in [2.24, 2.45) is 34.4 Å². The fourth-order valence-electron chi connectivity index (χ4n) is 7.57. The number of allylic oxidation sites excluding steroid dienone is 6. The van der Waals surface area contributed by atoms with Crippen molar-refractivity contribution in [1.82, 2.24) is 25.5 Å². The predicted octanol–water partition coefficient (Wildman–Crippen LogP) is 5.32. The van der Waals surface area contributed by atoms with Crippen LogP contribution in [0.15, 0.2) is 71.4 Å². The van der Waals surface area contributed by atoms with E-state index in [9.17, 15) is 9.90 Å². The molecule has 1 aromatic carbocycles. The van der Waals surface area contributed by atoms with Gasteiger partial charge in [-0.1, -0.05) is 86.9 Å². The maximum atomic E-state index is 13.7. The number of aromatic nitrogens is 2. The lowest BCUT2D eigenvalue weighted by atomic mass is 9.75. The minimum atomic E-state index is -1.24. The predicted molar refractivity (Wildman–Crippen MR) is 212 cm³/mol. The number of ether oxygens (including phenoxy) is 1. The third kappa shape index (κ3) is 10.2. The van der Waals surface area contributed by atoms with Crippen LogP contribution in [0.1, 0.15) is 89.8 Å². The number of benzene rings is 1. The molecule has 1 aromatic heterocycles. The summed E-state index contributed by atoms with van der Waals surface area (Å²) in [6.45, 7) is 11.8. The first kappa shape index (κ1) is 39.8. The van der Waals surface area contributed by atoms with E-state index in [-0.39, 0.29) is 47.7 Å². The highest BCUT2D eigenvalue weighted by atomic mass is 16.6. The number of hydrogen-bond donors (Lipinski definition) is 5. The van der Waals surface area contributed by atoms with E-state index in [0.29, 0.717) is 12.4 Å². The summed E-state index contributed by atoms with van der Waals surface area (Å²) in [7, 11) is 1.39. The van der Waals surface area contributed by atoms with Crippen molar-refractivity contribution < 1.29 is 14.6 Å². The van der Waals surface area contributed by atoms with Gasteiger partial charge in [0.25, 0.3) is 0 Å². The summed E-state index contributed by atoms with van der Waals surface area (Å²) < 4.78 is 4.98. The molecule has 5 rings (SSSR count). The van der Waals surface area contributed by atoms with Gasteiger partial charge in [0.2, 0.25) is 12.3 Å². The second-order valence-electron chi connectivity index (χ2n) is 14.7. The van der Waals surface area contributed by atoms with Crippen molar-refractivity contribution in [1.29, 1.82) is 0 Å². The first-order valence-electron chi connectivity index (χ1n) is 19.1. The number of methoxy groups -OCH3 is 1. The summed E-state index contributed by atoms with van der Waals surface area (Å²) in [6, 6.07) is 9.56. The number of H-pyrrole nitrogens is 1. The third-order valence-electron chi connectivity index (χ3n) is 10.8. The molecule has 0 saturated carbocycles. The molecule has 2 saturated heterocycles. The molecule has 5 unspecified atom stereocenters. The van der Waals surface area contributed by atoms with E-state index in [1.54, 1.807) is 11.1 Å². The Kier molecular flexibility index (Phi) is 14.3. The van der Waals surface area contributed by atoms with Gasteiger partial charge in [0.15, 0.2) is 0 Å². The summed E-state index contributed by atoms with van der Waals surface area (Å²) in [4.78, 5) is 28.5. The maximum Gasteiger partial charge on any atom is 0.240 e. The molecule has 2 fully saturated rings. The Morgan fingerprint density at radius 3 is 2.62 bits per heavy atom. The van der Waals surface area contributed by atoms with Crippen LogP contribution in [0, 0.1) is 47.4 Å². The fraction of sp³-hybridized carbons (Fsp3) is 0.512. The summed E-state index contributed by atoms with van der Waals surface area (Å²) in [6.07, 6.45) is 14.2. The van der Waals surface area contributed by atoms with Gasteiger partial charge < -0.3 is 30.8 Å². The maximum absolute atomic E-state index is 13.7. The van der Waals surface area contributed by atoms with Gasteiger partial charge >= 0.3 is 0 Å². The van der Waals surface area contributed by atoms with Crippen LogP contribution in [-0.2, 0) is 9.53 Å². The van der Waals surface area contributed by atoms with Gasteiger partial charge in [-0.25, -0.2) is 4.98 Å². The van der Waals surface area contributed by atoms with Crippen molar-refractivity contribution in [2.45, 2.75) is 97.3 Å². The highest BCUT2D eigenvalue weighted by Gasteiger charge is 2.38. The molecule has 10 nitrogen and oxygen atoms in total. The highest BCUT2D eigenvalue weighted by molar-refractivity contribution is 5.92. The molecule has 10 heteroatoms. The number of nitrogens with two attached hydrogens (primary N) is 1. The van der Waals surface area contributed by atoms with Crippen LogP contribution < -0.4 is 16.4 Å². The average molecular weight is 720 g/mol. The number of aliphatic hydroxyl groups is 1. The Hall–Kier alpha value is -4.45. The number of hydrogen-bond acceptors (Lipinski definition) is 7. The zero-order chi connectivity index (χ0) is 37.9. The minimum Gasteiger partial charge on any atom is -0.386 e. The number of amides is 1. The molecule has 1 amide bonds. The molecule has 2 aliphatic heterocycles. The lowest BCUT2D eigenvalue weighted by molar-refractivity contribution is -0.143. The molecule has 3 aliphatic rings. The normalized spacial score (nSPS) is 23.4. The van der Waals surface area contributed by atoms with Crippen LogP contribution in [0.25, 0.3) is 5.57 Å². The zero-order valence-corrected chi connectivity index (χ0v) is 32.1. The van der Waals surface area contributed by atoms with Crippen molar-refractivity contribution >= 4 is 17.3 Å². The van der Waals surface area contributed by atoms with Crippen LogP contribution >= 0.6 is 0 Å². The molecule has 0 spiro atoms. The quantitative estimate of drug-likeness (QED) is 0.0621. The van der Waals surface area contributed by atoms with E-state index >= 15 is 0 Å². The van der Waals surface area contributed by atoms with Crippen molar-refractivity contribution in [3.63, 3.8) is 0 Å². The van der Waals surface area contributed by atoms with Crippen molar-refractivity contribution in [2.75, 3.05) is 20.2 Å². The Morgan fingerprint density at radius 1 is 1.17 bits per heavy atom. The average Bonchev–Trinajstić information content (AvgIpc) is 3.98. The Bertz CT molecular complexity index is 1780. The van der Waals surface area contributed by atoms with Crippen LogP contribution in [0.5, 0.6) is 0 Å². The number of carbonyl (C=O) groups excluding carboxylic acids is 1. The highest BCUT2D eigenvalue weighted by Crippen LogP contribution is 2.36. The molecule has 8 atom stereocenters. The first-order valence-corrected chi connectivity index (χ1v) is 19.1. The Labute approximate surface area is 315 Å². The SMILES string of the molecule is C/C=C(/C1C=CC(c2ccccc2)=CC1)C(C#CC#Cc1cnc([C@@H]2CCCN2)[nH]1)C(C)C(C)N=C(N)[C@@H]1CCCN1C(=O)[C@@H](NC(O)OC)C(C)C. The smallest absolute Gasteiger partial charge is 0.240 e. The van der Waals surface area contributed by atoms with Crippen molar-refractivity contribution in [3.05, 3.63) is 83.5 Å². The second-order valence-corrected chi connectivity index (χ2v) is 14.7. The van der Waals surface area contributed by atoms with Gasteiger partial charge in [0, 0.05) is 25.5 Å². The molecule has 0 bridgehead atoms. The number of imidazole rings is 1. The summed E-state index contributed by atoms with van der Waals surface area (Å²) in [5.41, 5.74) is 11.2. The lowest BCUT2D eigenvalue weighted by Gasteiger charge is -2.33. The molecule has 0 radical (unpaired) electrons. The summed E-state index contributed by atoms with van der Waals surface area (Å²) >= 11 is 0. The largest absolute Gasteiger partial charge is 0.386 e. The molecule has 53 heavy (non-hydrogen) atoms. The number of rotatable bonds is 13. The number of carbonyl (C=O) groups is 1. The lowest BCUT2D eigenvalue weighted by Crippen LogP contribution is -2.56. The van der Waals surface area contributed by atoms with Gasteiger partial charge in [-0.3, -0.25) is 15.1 Å². The topological polar surface area (TPSA) is 141 Å². The van der Waals surface area contributed by atoms with E-state index in [2.05, 4.69) is 114 Å². The molecular weight excluding hydrogens is 663 g/mol. The van der Waals surface area contributed by atoms with Crippen LogP contribution in [0.4, 0.5) is 0 Å². The van der Waals surface area contributed by atoms with Crippen LogP contribution in [-0.4, -0.2) is 76.5 Å². The second kappa shape index (κ2) is 19.0. The fourth-order valence-corrected chi connectivity index (χ4v) is 7.57. The molecule has 282 valence electrons. The van der Waals surface area contributed by atoms with E-state index in [4.69, 9.17) is 15.5 Å². The molecular formula is C43H57N7O3. The number of amidine groups is 1. The number of aliphatic hydroxyl groups excluding tert-OH is 1. The third-order valence-corrected chi connectivity index (χ3v) is 10.8. The van der Waals surface area contributed by atoms with E-state index in [1.807, 2.05) is 19.9 Å². The van der Waals surface area contributed by atoms with Gasteiger partial charge in [0.05, 0.1) is 30.4 Å². The van der Waals surface area contributed by atoms with Crippen LogP contribution in [0.2, 0.25) is 0 Å². The number of likely N-dealkylation sites (tertiary alicyclic amines) is 1. The minimum absolute atomic E-state index is 0.0124. The number of aliphatic imine (C=N–C) groups is 1. The molecule has 2 aromatic rings. The van der Waals surface area contributed by atoms with E-state index in [0.717, 1.165) is 50.2 Å². The molecule has 3 heterocycles. The Morgan fingerprint density at radius 2 is 1.96 bits per heavy atom. The number of aromatic amines is 1. The number of nitrogens with zero attached hydrogens (tertiary/aromatic N) is 3.